The summed E-state index contributed by atoms with van der Waals surface area (Å²) in [6.45, 7) is 7.62. The highest BCUT2D eigenvalue weighted by atomic mass is 16.5. The second kappa shape index (κ2) is 9.54. The third kappa shape index (κ3) is 6.53. The van der Waals surface area contributed by atoms with Crippen LogP contribution in [0.3, 0.4) is 0 Å². The Morgan fingerprint density at radius 2 is 2.00 bits per heavy atom. The van der Waals surface area contributed by atoms with E-state index in [4.69, 9.17) is 10.5 Å². The lowest BCUT2D eigenvalue weighted by Gasteiger charge is -2.27. The maximum atomic E-state index is 5.94. The van der Waals surface area contributed by atoms with Crippen LogP contribution in [0.1, 0.15) is 38.5 Å². The first-order chi connectivity index (χ1) is 8.76. The molecule has 0 amide bonds. The fourth-order valence-corrected chi connectivity index (χ4v) is 2.58. The summed E-state index contributed by atoms with van der Waals surface area (Å²) >= 11 is 0. The minimum atomic E-state index is 0.499. The maximum absolute atomic E-state index is 5.94. The number of unbranched alkanes of at least 4 members (excludes halogenated alkanes) is 1. The lowest BCUT2D eigenvalue weighted by molar-refractivity contribution is 0.0166. The first-order valence-corrected chi connectivity index (χ1v) is 7.37. The Bertz CT molecular complexity index is 213. The van der Waals surface area contributed by atoms with Crippen LogP contribution in [0.4, 0.5) is 0 Å². The Hall–Kier alpha value is -0.380. The SMILES string of the molecule is C=CCN(C)CCCCOC1CCC(CN)CC1. The number of hydrogen-bond donors (Lipinski definition) is 1. The Labute approximate surface area is 112 Å². The van der Waals surface area contributed by atoms with Crippen LogP contribution in [0.25, 0.3) is 0 Å². The molecule has 0 aliphatic heterocycles. The smallest absolute Gasteiger partial charge is 0.0575 e. The minimum Gasteiger partial charge on any atom is -0.378 e. The fraction of sp³-hybridized carbons (Fsp3) is 0.867. The molecule has 106 valence electrons. The van der Waals surface area contributed by atoms with Gasteiger partial charge in [0.1, 0.15) is 0 Å². The molecule has 3 heteroatoms. The van der Waals surface area contributed by atoms with Crippen LogP contribution in [-0.4, -0.2) is 44.3 Å². The van der Waals surface area contributed by atoms with E-state index in [0.29, 0.717) is 6.10 Å². The number of ether oxygens (including phenoxy) is 1. The third-order valence-electron chi connectivity index (χ3n) is 3.86. The second-order valence-electron chi connectivity index (χ2n) is 5.51. The zero-order chi connectivity index (χ0) is 13.2. The van der Waals surface area contributed by atoms with Crippen LogP contribution in [0.15, 0.2) is 12.7 Å². The van der Waals surface area contributed by atoms with Gasteiger partial charge in [0, 0.05) is 13.2 Å². The van der Waals surface area contributed by atoms with Gasteiger partial charge in [-0.2, -0.15) is 0 Å². The van der Waals surface area contributed by atoms with Gasteiger partial charge in [0.15, 0.2) is 0 Å². The summed E-state index contributed by atoms with van der Waals surface area (Å²) in [6, 6.07) is 0. The molecule has 1 aliphatic rings. The largest absolute Gasteiger partial charge is 0.378 e. The molecule has 0 aromatic carbocycles. The van der Waals surface area contributed by atoms with Gasteiger partial charge in [-0.25, -0.2) is 0 Å². The molecule has 0 spiro atoms. The van der Waals surface area contributed by atoms with E-state index in [1.165, 1.54) is 32.1 Å². The summed E-state index contributed by atoms with van der Waals surface area (Å²) < 4.78 is 5.94. The van der Waals surface area contributed by atoms with Crippen molar-refractivity contribution in [3.8, 4) is 0 Å². The highest BCUT2D eigenvalue weighted by molar-refractivity contribution is 4.73. The van der Waals surface area contributed by atoms with Crippen molar-refractivity contribution < 1.29 is 4.74 Å². The highest BCUT2D eigenvalue weighted by Gasteiger charge is 2.20. The van der Waals surface area contributed by atoms with Crippen molar-refractivity contribution in [1.29, 1.82) is 0 Å². The van der Waals surface area contributed by atoms with E-state index in [1.54, 1.807) is 0 Å². The van der Waals surface area contributed by atoms with Gasteiger partial charge in [0.05, 0.1) is 6.10 Å². The van der Waals surface area contributed by atoms with E-state index in [9.17, 15) is 0 Å². The van der Waals surface area contributed by atoms with Crippen molar-refractivity contribution in [1.82, 2.24) is 4.90 Å². The number of nitrogens with zero attached hydrogens (tertiary/aromatic N) is 1. The van der Waals surface area contributed by atoms with Crippen molar-refractivity contribution in [2.75, 3.05) is 33.3 Å². The molecule has 0 radical (unpaired) electrons. The minimum absolute atomic E-state index is 0.499. The Kier molecular flexibility index (Phi) is 8.31. The fourth-order valence-electron chi connectivity index (χ4n) is 2.58. The Morgan fingerprint density at radius 3 is 2.61 bits per heavy atom. The molecular weight excluding hydrogens is 224 g/mol. The summed E-state index contributed by atoms with van der Waals surface area (Å²) in [5.74, 6) is 0.748. The average Bonchev–Trinajstić information content (AvgIpc) is 2.39. The molecule has 0 atom stereocenters. The second-order valence-corrected chi connectivity index (χ2v) is 5.51. The van der Waals surface area contributed by atoms with Crippen LogP contribution in [0, 0.1) is 5.92 Å². The molecule has 0 aromatic heterocycles. The summed E-state index contributed by atoms with van der Waals surface area (Å²) in [6.07, 6.45) is 9.74. The standard InChI is InChI=1S/C15H30N2O/c1-3-10-17(2)11-4-5-12-18-15-8-6-14(13-16)7-9-15/h3,14-15H,1,4-13,16H2,2H3. The molecule has 0 unspecified atom stereocenters. The van der Waals surface area contributed by atoms with E-state index >= 15 is 0 Å². The molecule has 1 fully saturated rings. The molecule has 0 heterocycles. The van der Waals surface area contributed by atoms with Gasteiger partial charge in [-0.15, -0.1) is 6.58 Å². The van der Waals surface area contributed by atoms with Gasteiger partial charge in [0.2, 0.25) is 0 Å². The average molecular weight is 254 g/mol. The van der Waals surface area contributed by atoms with Crippen LogP contribution >= 0.6 is 0 Å². The number of rotatable bonds is 9. The van der Waals surface area contributed by atoms with Crippen molar-refractivity contribution in [3.05, 3.63) is 12.7 Å². The molecule has 18 heavy (non-hydrogen) atoms. The van der Waals surface area contributed by atoms with Crippen molar-refractivity contribution in [3.63, 3.8) is 0 Å². The first-order valence-electron chi connectivity index (χ1n) is 7.37. The van der Waals surface area contributed by atoms with E-state index in [0.717, 1.165) is 38.6 Å². The van der Waals surface area contributed by atoms with Gasteiger partial charge in [-0.3, -0.25) is 0 Å². The highest BCUT2D eigenvalue weighted by Crippen LogP contribution is 2.25. The topological polar surface area (TPSA) is 38.5 Å². The maximum Gasteiger partial charge on any atom is 0.0575 e. The number of hydrogen-bond acceptors (Lipinski definition) is 3. The van der Waals surface area contributed by atoms with E-state index in [2.05, 4.69) is 18.5 Å². The lowest BCUT2D eigenvalue weighted by Crippen LogP contribution is -2.26. The molecule has 0 aromatic rings. The van der Waals surface area contributed by atoms with E-state index < -0.39 is 0 Å². The van der Waals surface area contributed by atoms with Gasteiger partial charge in [-0.1, -0.05) is 6.08 Å². The molecule has 1 rings (SSSR count). The summed E-state index contributed by atoms with van der Waals surface area (Å²) in [5.41, 5.74) is 5.69. The lowest BCUT2D eigenvalue weighted by atomic mass is 9.87. The van der Waals surface area contributed by atoms with E-state index in [-0.39, 0.29) is 0 Å². The Morgan fingerprint density at radius 1 is 1.28 bits per heavy atom. The number of nitrogens with two attached hydrogens (primary N) is 1. The van der Waals surface area contributed by atoms with Gasteiger partial charge in [-0.05, 0) is 64.6 Å². The van der Waals surface area contributed by atoms with Crippen LogP contribution in [-0.2, 0) is 4.74 Å². The summed E-state index contributed by atoms with van der Waals surface area (Å²) in [5, 5.41) is 0. The van der Waals surface area contributed by atoms with E-state index in [1.807, 2.05) is 6.08 Å². The molecule has 1 aliphatic carbocycles. The molecule has 0 saturated heterocycles. The van der Waals surface area contributed by atoms with Crippen LogP contribution < -0.4 is 5.73 Å². The zero-order valence-corrected chi connectivity index (χ0v) is 11.9. The van der Waals surface area contributed by atoms with Gasteiger partial charge in [0.25, 0.3) is 0 Å². The predicted octanol–water partition coefficient (Wildman–Crippen LogP) is 2.42. The monoisotopic (exact) mass is 254 g/mol. The van der Waals surface area contributed by atoms with Crippen LogP contribution in [0.5, 0.6) is 0 Å². The van der Waals surface area contributed by atoms with Gasteiger partial charge >= 0.3 is 0 Å². The molecule has 2 N–H and O–H groups in total. The van der Waals surface area contributed by atoms with Crippen molar-refractivity contribution in [2.45, 2.75) is 44.6 Å². The molecule has 0 bridgehead atoms. The van der Waals surface area contributed by atoms with Gasteiger partial charge < -0.3 is 15.4 Å². The van der Waals surface area contributed by atoms with Crippen LogP contribution in [0.2, 0.25) is 0 Å². The quantitative estimate of drug-likeness (QED) is 0.507. The molecule has 3 nitrogen and oxygen atoms in total. The molecular formula is C15H30N2O. The van der Waals surface area contributed by atoms with Crippen molar-refractivity contribution in [2.24, 2.45) is 11.7 Å². The molecule has 1 saturated carbocycles. The predicted molar refractivity (Wildman–Crippen MR) is 77.7 cm³/mol. The summed E-state index contributed by atoms with van der Waals surface area (Å²) in [7, 11) is 2.14. The zero-order valence-electron chi connectivity index (χ0n) is 11.9. The first kappa shape index (κ1) is 15.7. The summed E-state index contributed by atoms with van der Waals surface area (Å²) in [4.78, 5) is 2.29. The normalized spacial score (nSPS) is 24.4. The third-order valence-corrected chi connectivity index (χ3v) is 3.86. The Balaban J connectivity index is 1.94. The number of likely N-dealkylation sites (N-methyl/N-ethyl adjacent to an activating group) is 1. The van der Waals surface area contributed by atoms with Crippen molar-refractivity contribution >= 4 is 0 Å².